The Morgan fingerprint density at radius 2 is 1.68 bits per heavy atom. The zero-order chi connectivity index (χ0) is 20.5. The van der Waals surface area contributed by atoms with Crippen molar-refractivity contribution in [2.75, 3.05) is 0 Å². The van der Waals surface area contributed by atoms with Crippen LogP contribution in [0.4, 0.5) is 5.69 Å². The molecule has 0 spiro atoms. The zero-order valence-corrected chi connectivity index (χ0v) is 16.3. The lowest BCUT2D eigenvalue weighted by molar-refractivity contribution is -0.384. The first-order chi connectivity index (χ1) is 13.2. The molecule has 0 aliphatic carbocycles. The van der Waals surface area contributed by atoms with Crippen LogP contribution in [0.25, 0.3) is 16.9 Å². The molecule has 2 aromatic carbocycles. The van der Waals surface area contributed by atoms with Crippen LogP contribution >= 0.6 is 0 Å². The fourth-order valence-corrected chi connectivity index (χ4v) is 3.05. The van der Waals surface area contributed by atoms with E-state index in [1.807, 2.05) is 58.0 Å². The molecule has 144 valence electrons. The van der Waals surface area contributed by atoms with E-state index >= 15 is 0 Å². The Balaban J connectivity index is 2.22. The summed E-state index contributed by atoms with van der Waals surface area (Å²) in [4.78, 5) is 28.3. The fourth-order valence-electron chi connectivity index (χ4n) is 3.05. The van der Waals surface area contributed by atoms with Gasteiger partial charge in [-0.15, -0.1) is 0 Å². The minimum atomic E-state index is -0.470. The van der Waals surface area contributed by atoms with Crippen molar-refractivity contribution in [1.29, 1.82) is 0 Å². The molecule has 0 amide bonds. The number of aromatic amines is 1. The highest BCUT2D eigenvalue weighted by Crippen LogP contribution is 2.23. The third-order valence-corrected chi connectivity index (χ3v) is 4.14. The van der Waals surface area contributed by atoms with E-state index in [0.717, 1.165) is 5.56 Å². The highest BCUT2D eigenvalue weighted by Gasteiger charge is 2.21. The molecule has 0 radical (unpaired) electrons. The Bertz CT molecular complexity index is 1090. The molecule has 1 heterocycles. The van der Waals surface area contributed by atoms with Crippen molar-refractivity contribution in [2.24, 2.45) is 4.99 Å². The lowest BCUT2D eigenvalue weighted by Gasteiger charge is -2.13. The van der Waals surface area contributed by atoms with Gasteiger partial charge in [-0.2, -0.15) is 0 Å². The molecule has 0 saturated heterocycles. The first kappa shape index (κ1) is 19.3. The third-order valence-electron chi connectivity index (χ3n) is 4.14. The van der Waals surface area contributed by atoms with Crippen molar-refractivity contribution in [3.8, 4) is 16.9 Å². The normalized spacial score (nSPS) is 12.2. The fraction of sp³-hybridized carbons (Fsp3) is 0.238. The van der Waals surface area contributed by atoms with Crippen LogP contribution in [0, 0.1) is 10.1 Å². The van der Waals surface area contributed by atoms with Gasteiger partial charge in [0.25, 0.3) is 11.2 Å². The predicted octanol–water partition coefficient (Wildman–Crippen LogP) is 4.35. The molecule has 0 fully saturated rings. The molecule has 3 rings (SSSR count). The van der Waals surface area contributed by atoms with Gasteiger partial charge in [-0.05, 0) is 39.8 Å². The van der Waals surface area contributed by atoms with Crippen LogP contribution in [0.15, 0.2) is 64.4 Å². The number of hydrogen-bond acceptors (Lipinski definition) is 4. The molecule has 7 heteroatoms. The van der Waals surface area contributed by atoms with E-state index in [0.29, 0.717) is 22.7 Å². The summed E-state index contributed by atoms with van der Waals surface area (Å²) in [5.74, 6) is 0. The molecule has 0 aliphatic rings. The lowest BCUT2D eigenvalue weighted by Crippen LogP contribution is -2.22. The summed E-state index contributed by atoms with van der Waals surface area (Å²) >= 11 is 0. The molecule has 0 bridgehead atoms. The topological polar surface area (TPSA) is 93.3 Å². The summed E-state index contributed by atoms with van der Waals surface area (Å²) in [5.41, 5.74) is 2.54. The van der Waals surface area contributed by atoms with E-state index in [-0.39, 0.29) is 16.8 Å². The number of hydrogen-bond donors (Lipinski definition) is 1. The first-order valence-corrected chi connectivity index (χ1v) is 8.89. The van der Waals surface area contributed by atoms with E-state index < -0.39 is 4.92 Å². The van der Waals surface area contributed by atoms with Crippen LogP contribution in [-0.4, -0.2) is 26.0 Å². The maximum absolute atomic E-state index is 13.2. The Kier molecular flexibility index (Phi) is 5.00. The van der Waals surface area contributed by atoms with Crippen LogP contribution < -0.4 is 5.56 Å². The van der Waals surface area contributed by atoms with Crippen molar-refractivity contribution < 1.29 is 4.92 Å². The van der Waals surface area contributed by atoms with Gasteiger partial charge in [0.05, 0.1) is 27.4 Å². The summed E-state index contributed by atoms with van der Waals surface area (Å²) in [5, 5.41) is 14.0. The quantitative estimate of drug-likeness (QED) is 0.415. The number of nitro benzene ring substituents is 1. The maximum Gasteiger partial charge on any atom is 0.280 e. The van der Waals surface area contributed by atoms with E-state index in [9.17, 15) is 14.9 Å². The molecular weight excluding hydrogens is 356 g/mol. The smallest absolute Gasteiger partial charge is 0.280 e. The van der Waals surface area contributed by atoms with Gasteiger partial charge in [0, 0.05) is 23.4 Å². The minimum Gasteiger partial charge on any atom is -0.290 e. The van der Waals surface area contributed by atoms with Gasteiger partial charge >= 0.3 is 0 Å². The summed E-state index contributed by atoms with van der Waals surface area (Å²) in [6.07, 6.45) is 0. The third kappa shape index (κ3) is 3.93. The Labute approximate surface area is 162 Å². The number of nitrogens with one attached hydrogen (secondary N) is 1. The van der Waals surface area contributed by atoms with Gasteiger partial charge in [-0.3, -0.25) is 25.0 Å². The predicted molar refractivity (Wildman–Crippen MR) is 110 cm³/mol. The number of aromatic nitrogens is 2. The average Bonchev–Trinajstić information content (AvgIpc) is 2.98. The Morgan fingerprint density at radius 3 is 2.21 bits per heavy atom. The molecule has 1 N–H and O–H groups in total. The molecule has 0 saturated carbocycles. The summed E-state index contributed by atoms with van der Waals surface area (Å²) in [6, 6.07) is 15.4. The number of non-ortho nitro benzene ring substituents is 1. The van der Waals surface area contributed by atoms with Gasteiger partial charge in [0.2, 0.25) is 0 Å². The molecule has 28 heavy (non-hydrogen) atoms. The van der Waals surface area contributed by atoms with Gasteiger partial charge in [-0.25, -0.2) is 4.68 Å². The maximum atomic E-state index is 13.2. The molecule has 1 aromatic heterocycles. The van der Waals surface area contributed by atoms with Gasteiger partial charge < -0.3 is 0 Å². The van der Waals surface area contributed by atoms with Crippen LogP contribution in [0.1, 0.15) is 33.3 Å². The van der Waals surface area contributed by atoms with Crippen molar-refractivity contribution >= 4 is 11.4 Å². The van der Waals surface area contributed by atoms with Crippen molar-refractivity contribution in [3.05, 3.63) is 80.6 Å². The monoisotopic (exact) mass is 378 g/mol. The number of H-pyrrole nitrogens is 1. The lowest BCUT2D eigenvalue weighted by atomic mass is 10.0. The van der Waals surface area contributed by atoms with E-state index in [2.05, 4.69) is 10.1 Å². The summed E-state index contributed by atoms with van der Waals surface area (Å²) in [7, 11) is 0. The SMILES string of the molecule is CC(=NC(C)(C)C)c1c(-c2ccccc2)[nH]n(-c2ccc([N+](=O)[O-])cc2)c1=O. The number of nitro groups is 1. The van der Waals surface area contributed by atoms with Crippen molar-refractivity contribution in [2.45, 2.75) is 33.2 Å². The summed E-state index contributed by atoms with van der Waals surface area (Å²) in [6.45, 7) is 7.74. The largest absolute Gasteiger partial charge is 0.290 e. The van der Waals surface area contributed by atoms with Crippen LogP contribution in [0.5, 0.6) is 0 Å². The second-order valence-electron chi connectivity index (χ2n) is 7.51. The van der Waals surface area contributed by atoms with E-state index in [1.165, 1.54) is 16.8 Å². The highest BCUT2D eigenvalue weighted by atomic mass is 16.6. The zero-order valence-electron chi connectivity index (χ0n) is 16.3. The standard InChI is InChI=1S/C21H22N4O3/c1-14(22-21(2,3)4)18-19(15-8-6-5-7-9-15)23-24(20(18)26)16-10-12-17(13-11-16)25(27)28/h5-13,23H,1-4H3. The molecule has 3 aromatic rings. The number of nitrogens with zero attached hydrogens (tertiary/aromatic N) is 3. The van der Waals surface area contributed by atoms with Gasteiger partial charge in [0.1, 0.15) is 0 Å². The average molecular weight is 378 g/mol. The number of aliphatic imine (C=N–C) groups is 1. The molecule has 7 nitrogen and oxygen atoms in total. The molecule has 0 aliphatic heterocycles. The van der Waals surface area contributed by atoms with Crippen LogP contribution in [0.2, 0.25) is 0 Å². The summed E-state index contributed by atoms with van der Waals surface area (Å²) < 4.78 is 1.39. The number of benzene rings is 2. The second-order valence-corrected chi connectivity index (χ2v) is 7.51. The minimum absolute atomic E-state index is 0.0302. The molecular formula is C21H22N4O3. The van der Waals surface area contributed by atoms with Gasteiger partial charge in [-0.1, -0.05) is 30.3 Å². The Morgan fingerprint density at radius 1 is 1.07 bits per heavy atom. The van der Waals surface area contributed by atoms with Crippen LogP contribution in [0.3, 0.4) is 0 Å². The van der Waals surface area contributed by atoms with E-state index in [4.69, 9.17) is 0 Å². The Hall–Kier alpha value is -3.48. The van der Waals surface area contributed by atoms with Crippen molar-refractivity contribution in [1.82, 2.24) is 9.78 Å². The number of rotatable bonds is 4. The van der Waals surface area contributed by atoms with Crippen LogP contribution in [-0.2, 0) is 0 Å². The van der Waals surface area contributed by atoms with Gasteiger partial charge in [0.15, 0.2) is 0 Å². The second kappa shape index (κ2) is 7.26. The van der Waals surface area contributed by atoms with Crippen molar-refractivity contribution in [3.63, 3.8) is 0 Å². The first-order valence-electron chi connectivity index (χ1n) is 8.89. The molecule has 0 unspecified atom stereocenters. The highest BCUT2D eigenvalue weighted by molar-refractivity contribution is 6.03. The van der Waals surface area contributed by atoms with E-state index in [1.54, 1.807) is 12.1 Å². The molecule has 0 atom stereocenters.